The van der Waals surface area contributed by atoms with E-state index in [9.17, 15) is 9.59 Å². The van der Waals surface area contributed by atoms with Crippen LogP contribution >= 0.6 is 0 Å². The first-order chi connectivity index (χ1) is 16.6. The second kappa shape index (κ2) is 11.4. The molecule has 7 nitrogen and oxygen atoms in total. The number of benzene rings is 3. The highest BCUT2D eigenvalue weighted by Gasteiger charge is 2.21. The first kappa shape index (κ1) is 23.5. The average molecular weight is 460 g/mol. The molecule has 4 rings (SSSR count). The maximum atomic E-state index is 12.7. The van der Waals surface area contributed by atoms with Crippen LogP contribution in [0.3, 0.4) is 0 Å². The third-order valence-electron chi connectivity index (χ3n) is 5.70. The fourth-order valence-electron chi connectivity index (χ4n) is 3.96. The number of ether oxygens (including phenoxy) is 2. The molecule has 1 saturated heterocycles. The molecule has 1 atom stereocenters. The minimum absolute atomic E-state index is 0.0572. The maximum Gasteiger partial charge on any atom is 0.252 e. The zero-order valence-corrected chi connectivity index (χ0v) is 19.0. The maximum absolute atomic E-state index is 12.7. The Morgan fingerprint density at radius 2 is 1.76 bits per heavy atom. The Balaban J connectivity index is 1.29. The summed E-state index contributed by atoms with van der Waals surface area (Å²) in [6, 6.07) is 24.4. The van der Waals surface area contributed by atoms with Gasteiger partial charge in [-0.3, -0.25) is 14.5 Å². The minimum atomic E-state index is -0.545. The van der Waals surface area contributed by atoms with Crippen LogP contribution in [0.5, 0.6) is 5.75 Å². The molecule has 2 amide bonds. The lowest BCUT2D eigenvalue weighted by molar-refractivity contribution is -0.0292. The lowest BCUT2D eigenvalue weighted by Gasteiger charge is -2.33. The van der Waals surface area contributed by atoms with Crippen LogP contribution in [0.25, 0.3) is 0 Å². The summed E-state index contributed by atoms with van der Waals surface area (Å²) in [6.07, 6.45) is -0.0572. The number of carbonyl (C=O) groups is 2. The average Bonchev–Trinajstić information content (AvgIpc) is 2.87. The molecule has 176 valence electrons. The molecule has 1 fully saturated rings. The van der Waals surface area contributed by atoms with Crippen molar-refractivity contribution in [3.8, 4) is 5.75 Å². The number of hydrogen-bond donors (Lipinski definition) is 2. The van der Waals surface area contributed by atoms with Crippen molar-refractivity contribution in [1.82, 2.24) is 10.2 Å². The van der Waals surface area contributed by atoms with E-state index in [2.05, 4.69) is 22.3 Å². The van der Waals surface area contributed by atoms with Gasteiger partial charge < -0.3 is 20.5 Å². The first-order valence-electron chi connectivity index (χ1n) is 11.3. The molecule has 1 heterocycles. The highest BCUT2D eigenvalue weighted by atomic mass is 16.5. The van der Waals surface area contributed by atoms with Crippen LogP contribution in [0.2, 0.25) is 0 Å². The molecular formula is C27H29N3O4. The predicted molar refractivity (Wildman–Crippen MR) is 130 cm³/mol. The summed E-state index contributed by atoms with van der Waals surface area (Å²) in [5, 5.41) is 2.99. The van der Waals surface area contributed by atoms with Crippen molar-refractivity contribution < 1.29 is 19.1 Å². The standard InChI is InChI=1S/C27H29N3O4/c28-26(31)24-11-4-5-12-25(24)34-19-21-9-6-10-22(15-21)27(32)29-16-23-18-30(13-14-33-23)17-20-7-2-1-3-8-20/h1-12,15,23H,13-14,16-19H2,(H2,28,31)(H,29,32). The molecule has 0 aromatic heterocycles. The van der Waals surface area contributed by atoms with E-state index < -0.39 is 5.91 Å². The Morgan fingerprint density at radius 3 is 2.59 bits per heavy atom. The Kier molecular flexibility index (Phi) is 7.91. The lowest BCUT2D eigenvalue weighted by atomic mass is 10.1. The topological polar surface area (TPSA) is 93.9 Å². The molecule has 0 bridgehead atoms. The number of hydrogen-bond acceptors (Lipinski definition) is 5. The molecule has 34 heavy (non-hydrogen) atoms. The molecular weight excluding hydrogens is 430 g/mol. The molecule has 1 aliphatic rings. The van der Waals surface area contributed by atoms with E-state index in [0.29, 0.717) is 30.0 Å². The summed E-state index contributed by atoms with van der Waals surface area (Å²) in [7, 11) is 0. The fourth-order valence-corrected chi connectivity index (χ4v) is 3.96. The monoisotopic (exact) mass is 459 g/mol. The fraction of sp³-hybridized carbons (Fsp3) is 0.259. The summed E-state index contributed by atoms with van der Waals surface area (Å²) in [5.41, 5.74) is 8.35. The number of nitrogens with one attached hydrogen (secondary N) is 1. The van der Waals surface area contributed by atoms with Crippen molar-refractivity contribution in [2.45, 2.75) is 19.3 Å². The van der Waals surface area contributed by atoms with Gasteiger partial charge in [-0.05, 0) is 35.4 Å². The van der Waals surface area contributed by atoms with Crippen molar-refractivity contribution in [2.24, 2.45) is 5.73 Å². The first-order valence-corrected chi connectivity index (χ1v) is 11.3. The van der Waals surface area contributed by atoms with E-state index in [1.807, 2.05) is 30.3 Å². The molecule has 1 unspecified atom stereocenters. The summed E-state index contributed by atoms with van der Waals surface area (Å²) >= 11 is 0. The highest BCUT2D eigenvalue weighted by Crippen LogP contribution is 2.19. The van der Waals surface area contributed by atoms with Gasteiger partial charge in [0.1, 0.15) is 12.4 Å². The lowest BCUT2D eigenvalue weighted by Crippen LogP contribution is -2.47. The minimum Gasteiger partial charge on any atom is -0.488 e. The molecule has 0 spiro atoms. The largest absolute Gasteiger partial charge is 0.488 e. The summed E-state index contributed by atoms with van der Waals surface area (Å²) in [5.74, 6) is -0.293. The summed E-state index contributed by atoms with van der Waals surface area (Å²) in [6.45, 7) is 3.81. The normalized spacial score (nSPS) is 16.1. The number of para-hydroxylation sites is 1. The van der Waals surface area contributed by atoms with Crippen molar-refractivity contribution in [3.05, 3.63) is 101 Å². The zero-order chi connectivity index (χ0) is 23.8. The van der Waals surface area contributed by atoms with Gasteiger partial charge >= 0.3 is 0 Å². The Hall–Kier alpha value is -3.68. The summed E-state index contributed by atoms with van der Waals surface area (Å²) < 4.78 is 11.6. The SMILES string of the molecule is NC(=O)c1ccccc1OCc1cccc(C(=O)NCC2CN(Cc3ccccc3)CCO2)c1. The number of morpholine rings is 1. The van der Waals surface area contributed by atoms with Crippen LogP contribution in [-0.4, -0.2) is 49.1 Å². The van der Waals surface area contributed by atoms with Gasteiger partial charge in [-0.15, -0.1) is 0 Å². The van der Waals surface area contributed by atoms with E-state index in [4.69, 9.17) is 15.2 Å². The van der Waals surface area contributed by atoms with Crippen LogP contribution in [0.15, 0.2) is 78.9 Å². The van der Waals surface area contributed by atoms with Crippen LogP contribution in [0, 0.1) is 0 Å². The summed E-state index contributed by atoms with van der Waals surface area (Å²) in [4.78, 5) is 26.7. The number of rotatable bonds is 9. The van der Waals surface area contributed by atoms with Crippen LogP contribution in [0.1, 0.15) is 31.8 Å². The van der Waals surface area contributed by atoms with Crippen LogP contribution < -0.4 is 15.8 Å². The number of amides is 2. The van der Waals surface area contributed by atoms with Crippen molar-refractivity contribution in [2.75, 3.05) is 26.2 Å². The van der Waals surface area contributed by atoms with Gasteiger partial charge in [0.05, 0.1) is 18.3 Å². The van der Waals surface area contributed by atoms with Gasteiger partial charge in [-0.25, -0.2) is 0 Å². The molecule has 0 aliphatic carbocycles. The van der Waals surface area contributed by atoms with Gasteiger partial charge in [0.15, 0.2) is 0 Å². The van der Waals surface area contributed by atoms with Crippen molar-refractivity contribution in [3.63, 3.8) is 0 Å². The number of carbonyl (C=O) groups excluding carboxylic acids is 2. The highest BCUT2D eigenvalue weighted by molar-refractivity contribution is 5.95. The molecule has 3 aromatic carbocycles. The molecule has 3 aromatic rings. The molecule has 3 N–H and O–H groups in total. The van der Waals surface area contributed by atoms with Gasteiger partial charge in [-0.2, -0.15) is 0 Å². The molecule has 0 saturated carbocycles. The van der Waals surface area contributed by atoms with Crippen LogP contribution in [0.4, 0.5) is 0 Å². The van der Waals surface area contributed by atoms with Gasteiger partial charge in [0.25, 0.3) is 11.8 Å². The number of nitrogens with two attached hydrogens (primary N) is 1. The van der Waals surface area contributed by atoms with Gasteiger partial charge in [0.2, 0.25) is 0 Å². The second-order valence-corrected chi connectivity index (χ2v) is 8.27. The smallest absolute Gasteiger partial charge is 0.252 e. The van der Waals surface area contributed by atoms with Crippen LogP contribution in [-0.2, 0) is 17.9 Å². The zero-order valence-electron chi connectivity index (χ0n) is 19.0. The third kappa shape index (κ3) is 6.43. The Labute approximate surface area is 199 Å². The van der Waals surface area contributed by atoms with Gasteiger partial charge in [-0.1, -0.05) is 54.6 Å². The van der Waals surface area contributed by atoms with Crippen molar-refractivity contribution >= 4 is 11.8 Å². The molecule has 0 radical (unpaired) electrons. The van der Waals surface area contributed by atoms with Crippen molar-refractivity contribution in [1.29, 1.82) is 0 Å². The Bertz CT molecular complexity index is 1120. The van der Waals surface area contributed by atoms with Gasteiger partial charge in [0, 0.05) is 31.7 Å². The van der Waals surface area contributed by atoms with E-state index in [1.54, 1.807) is 36.4 Å². The second-order valence-electron chi connectivity index (χ2n) is 8.27. The predicted octanol–water partition coefficient (Wildman–Crippen LogP) is 3.00. The van der Waals surface area contributed by atoms with E-state index in [-0.39, 0.29) is 18.6 Å². The Morgan fingerprint density at radius 1 is 1.00 bits per heavy atom. The number of primary amides is 1. The third-order valence-corrected chi connectivity index (χ3v) is 5.70. The molecule has 7 heteroatoms. The van der Waals surface area contributed by atoms with E-state index >= 15 is 0 Å². The van der Waals surface area contributed by atoms with E-state index in [1.165, 1.54) is 5.56 Å². The quantitative estimate of drug-likeness (QED) is 0.513. The number of nitrogens with zero attached hydrogens (tertiary/aromatic N) is 1. The molecule has 1 aliphatic heterocycles. The van der Waals surface area contributed by atoms with E-state index in [0.717, 1.165) is 25.2 Å².